The molecule has 2 aromatic carbocycles. The Hall–Kier alpha value is -2.97. The fraction of sp³-hybridized carbons (Fsp3) is 0.158. The van der Waals surface area contributed by atoms with Crippen LogP contribution in [0.1, 0.15) is 23.2 Å². The molecule has 1 aliphatic rings. The van der Waals surface area contributed by atoms with E-state index in [4.69, 9.17) is 0 Å². The molecule has 3 aromatic rings. The number of hydrogen-bond donors (Lipinski definition) is 3. The maximum atomic E-state index is 12.5. The predicted octanol–water partition coefficient (Wildman–Crippen LogP) is 2.88. The quantitative estimate of drug-likeness (QED) is 0.606. The SMILES string of the molecule is O=C(O)c1cc(-c2ccc(-c3ccn[nH]3)cc2)cc(S(=O)(=O)NC2CC2)c1. The van der Waals surface area contributed by atoms with Gasteiger partial charge in [-0.15, -0.1) is 0 Å². The molecule has 0 atom stereocenters. The second kappa shape index (κ2) is 6.64. The van der Waals surface area contributed by atoms with Crippen LogP contribution in [0.3, 0.4) is 0 Å². The normalized spacial score (nSPS) is 14.2. The van der Waals surface area contributed by atoms with Gasteiger partial charge in [-0.3, -0.25) is 5.10 Å². The molecule has 138 valence electrons. The lowest BCUT2D eigenvalue weighted by Crippen LogP contribution is -2.26. The van der Waals surface area contributed by atoms with Crippen LogP contribution in [0.25, 0.3) is 22.4 Å². The number of carbonyl (C=O) groups is 1. The third-order valence-corrected chi connectivity index (χ3v) is 5.89. The Balaban J connectivity index is 1.74. The molecule has 0 amide bonds. The number of aromatic carboxylic acids is 1. The summed E-state index contributed by atoms with van der Waals surface area (Å²) in [5.74, 6) is -1.17. The van der Waals surface area contributed by atoms with E-state index in [9.17, 15) is 18.3 Å². The summed E-state index contributed by atoms with van der Waals surface area (Å²) in [6, 6.07) is 13.3. The lowest BCUT2D eigenvalue weighted by molar-refractivity contribution is 0.0696. The number of carboxylic acid groups (broad SMARTS) is 1. The summed E-state index contributed by atoms with van der Waals surface area (Å²) in [6.07, 6.45) is 3.27. The molecule has 0 spiro atoms. The van der Waals surface area contributed by atoms with Crippen LogP contribution in [0.15, 0.2) is 59.6 Å². The maximum Gasteiger partial charge on any atom is 0.335 e. The van der Waals surface area contributed by atoms with Crippen molar-refractivity contribution in [3.63, 3.8) is 0 Å². The van der Waals surface area contributed by atoms with Crippen molar-refractivity contribution in [2.75, 3.05) is 0 Å². The lowest BCUT2D eigenvalue weighted by Gasteiger charge is -2.10. The highest BCUT2D eigenvalue weighted by Crippen LogP contribution is 2.28. The molecule has 1 heterocycles. The summed E-state index contributed by atoms with van der Waals surface area (Å²) in [5, 5.41) is 16.2. The summed E-state index contributed by atoms with van der Waals surface area (Å²) in [6.45, 7) is 0. The smallest absolute Gasteiger partial charge is 0.335 e. The summed E-state index contributed by atoms with van der Waals surface area (Å²) < 4.78 is 27.7. The van der Waals surface area contributed by atoms with Crippen molar-refractivity contribution in [2.24, 2.45) is 0 Å². The average Bonchev–Trinajstić information content (AvgIpc) is 3.29. The van der Waals surface area contributed by atoms with E-state index in [-0.39, 0.29) is 16.5 Å². The number of benzene rings is 2. The molecule has 0 saturated heterocycles. The van der Waals surface area contributed by atoms with Crippen molar-refractivity contribution in [3.8, 4) is 22.4 Å². The minimum absolute atomic E-state index is 0.0399. The number of sulfonamides is 1. The van der Waals surface area contributed by atoms with E-state index in [0.717, 1.165) is 29.7 Å². The van der Waals surface area contributed by atoms with Crippen molar-refractivity contribution in [3.05, 3.63) is 60.3 Å². The van der Waals surface area contributed by atoms with Gasteiger partial charge in [0.25, 0.3) is 0 Å². The summed E-state index contributed by atoms with van der Waals surface area (Å²) in [4.78, 5) is 11.4. The molecule has 0 unspecified atom stereocenters. The molecular formula is C19H17N3O4S. The van der Waals surface area contributed by atoms with E-state index in [1.54, 1.807) is 6.20 Å². The molecule has 4 rings (SSSR count). The number of carboxylic acids is 1. The van der Waals surface area contributed by atoms with Crippen LogP contribution in [-0.2, 0) is 10.0 Å². The van der Waals surface area contributed by atoms with Gasteiger partial charge in [0.1, 0.15) is 0 Å². The number of aromatic amines is 1. The van der Waals surface area contributed by atoms with Crippen LogP contribution in [0.4, 0.5) is 0 Å². The first kappa shape index (κ1) is 17.4. The Morgan fingerprint density at radius 2 is 1.74 bits per heavy atom. The number of nitrogens with zero attached hydrogens (tertiary/aromatic N) is 1. The number of aromatic nitrogens is 2. The molecular weight excluding hydrogens is 366 g/mol. The van der Waals surface area contributed by atoms with Gasteiger partial charge in [0, 0.05) is 12.2 Å². The molecule has 1 saturated carbocycles. The molecule has 0 aliphatic heterocycles. The minimum atomic E-state index is -3.75. The van der Waals surface area contributed by atoms with E-state index >= 15 is 0 Å². The molecule has 1 aromatic heterocycles. The number of H-pyrrole nitrogens is 1. The van der Waals surface area contributed by atoms with Crippen molar-refractivity contribution < 1.29 is 18.3 Å². The number of hydrogen-bond acceptors (Lipinski definition) is 4. The van der Waals surface area contributed by atoms with E-state index in [1.807, 2.05) is 30.3 Å². The molecule has 8 heteroatoms. The Bertz CT molecular complexity index is 1090. The lowest BCUT2D eigenvalue weighted by atomic mass is 10.0. The standard InChI is InChI=1S/C19H17N3O4S/c23-19(24)15-9-14(10-17(11-15)27(25,26)22-16-5-6-16)12-1-3-13(4-2-12)18-7-8-20-21-18/h1-4,7-11,16,22H,5-6H2,(H,20,21)(H,23,24). The van der Waals surface area contributed by atoms with Gasteiger partial charge in [-0.2, -0.15) is 5.10 Å². The number of nitrogens with one attached hydrogen (secondary N) is 2. The summed E-state index contributed by atoms with van der Waals surface area (Å²) >= 11 is 0. The van der Waals surface area contributed by atoms with Gasteiger partial charge in [-0.05, 0) is 53.8 Å². The zero-order valence-corrected chi connectivity index (χ0v) is 15.0. The van der Waals surface area contributed by atoms with Crippen molar-refractivity contribution >= 4 is 16.0 Å². The molecule has 7 nitrogen and oxygen atoms in total. The molecule has 1 aliphatic carbocycles. The van der Waals surface area contributed by atoms with Crippen LogP contribution in [0, 0.1) is 0 Å². The average molecular weight is 383 g/mol. The van der Waals surface area contributed by atoms with E-state index in [0.29, 0.717) is 5.56 Å². The Labute approximate surface area is 156 Å². The first-order chi connectivity index (χ1) is 12.9. The van der Waals surface area contributed by atoms with Gasteiger partial charge in [0.15, 0.2) is 0 Å². The van der Waals surface area contributed by atoms with Crippen LogP contribution in [0.2, 0.25) is 0 Å². The minimum Gasteiger partial charge on any atom is -0.478 e. The van der Waals surface area contributed by atoms with Crippen molar-refractivity contribution in [1.29, 1.82) is 0 Å². The van der Waals surface area contributed by atoms with Crippen molar-refractivity contribution in [2.45, 2.75) is 23.8 Å². The first-order valence-electron chi connectivity index (χ1n) is 8.43. The molecule has 0 bridgehead atoms. The van der Waals surface area contributed by atoms with E-state index in [2.05, 4.69) is 14.9 Å². The van der Waals surface area contributed by atoms with Gasteiger partial charge in [0.2, 0.25) is 10.0 Å². The Morgan fingerprint density at radius 3 is 2.33 bits per heavy atom. The second-order valence-corrected chi connectivity index (χ2v) is 8.21. The predicted molar refractivity (Wildman–Crippen MR) is 99.8 cm³/mol. The fourth-order valence-electron chi connectivity index (χ4n) is 2.79. The Morgan fingerprint density at radius 1 is 1.04 bits per heavy atom. The summed E-state index contributed by atoms with van der Waals surface area (Å²) in [7, 11) is -3.75. The molecule has 0 radical (unpaired) electrons. The van der Waals surface area contributed by atoms with E-state index in [1.165, 1.54) is 18.2 Å². The topological polar surface area (TPSA) is 112 Å². The summed E-state index contributed by atoms with van der Waals surface area (Å²) in [5.41, 5.74) is 2.97. The number of rotatable bonds is 6. The zero-order chi connectivity index (χ0) is 19.0. The van der Waals surface area contributed by atoms with Crippen molar-refractivity contribution in [1.82, 2.24) is 14.9 Å². The molecule has 27 heavy (non-hydrogen) atoms. The van der Waals surface area contributed by atoms with Crippen LogP contribution >= 0.6 is 0 Å². The second-order valence-electron chi connectivity index (χ2n) is 6.49. The highest BCUT2D eigenvalue weighted by molar-refractivity contribution is 7.89. The molecule has 1 fully saturated rings. The third-order valence-electron chi connectivity index (χ3n) is 4.39. The Kier molecular flexibility index (Phi) is 4.29. The maximum absolute atomic E-state index is 12.5. The third kappa shape index (κ3) is 3.76. The highest BCUT2D eigenvalue weighted by Gasteiger charge is 2.28. The van der Waals surface area contributed by atoms with Gasteiger partial charge in [-0.1, -0.05) is 24.3 Å². The van der Waals surface area contributed by atoms with Gasteiger partial charge in [-0.25, -0.2) is 17.9 Å². The fourth-order valence-corrected chi connectivity index (χ4v) is 4.17. The zero-order valence-electron chi connectivity index (χ0n) is 14.2. The highest BCUT2D eigenvalue weighted by atomic mass is 32.2. The van der Waals surface area contributed by atoms with Crippen LogP contribution in [-0.4, -0.2) is 35.7 Å². The van der Waals surface area contributed by atoms with Crippen LogP contribution < -0.4 is 4.72 Å². The van der Waals surface area contributed by atoms with Crippen LogP contribution in [0.5, 0.6) is 0 Å². The monoisotopic (exact) mass is 383 g/mol. The van der Waals surface area contributed by atoms with Gasteiger partial charge < -0.3 is 5.11 Å². The van der Waals surface area contributed by atoms with Gasteiger partial charge >= 0.3 is 5.97 Å². The van der Waals surface area contributed by atoms with Gasteiger partial charge in [0.05, 0.1) is 16.2 Å². The largest absolute Gasteiger partial charge is 0.478 e. The van der Waals surface area contributed by atoms with E-state index < -0.39 is 16.0 Å². The molecule has 3 N–H and O–H groups in total. The first-order valence-corrected chi connectivity index (χ1v) is 9.91.